The van der Waals surface area contributed by atoms with E-state index in [0.29, 0.717) is 29.0 Å². The summed E-state index contributed by atoms with van der Waals surface area (Å²) < 4.78 is 33.0. The highest BCUT2D eigenvalue weighted by molar-refractivity contribution is 7.89. The molecule has 2 unspecified atom stereocenters. The van der Waals surface area contributed by atoms with Crippen molar-refractivity contribution >= 4 is 21.6 Å². The third-order valence-electron chi connectivity index (χ3n) is 3.96. The maximum absolute atomic E-state index is 12.9. The van der Waals surface area contributed by atoms with Gasteiger partial charge in [-0.2, -0.15) is 4.31 Å². The van der Waals surface area contributed by atoms with Gasteiger partial charge in [0.15, 0.2) is 0 Å². The van der Waals surface area contributed by atoms with E-state index in [2.05, 4.69) is 0 Å². The lowest BCUT2D eigenvalue weighted by molar-refractivity contribution is -0.00721. The van der Waals surface area contributed by atoms with Gasteiger partial charge in [0.2, 0.25) is 10.0 Å². The molecule has 1 aliphatic carbocycles. The molecule has 1 heterocycles. The second kappa shape index (κ2) is 5.30. The normalized spacial score (nSPS) is 28.5. The molecule has 0 radical (unpaired) electrons. The van der Waals surface area contributed by atoms with Crippen molar-refractivity contribution in [2.24, 2.45) is 5.92 Å². The molecule has 1 aromatic carbocycles. The fourth-order valence-corrected chi connectivity index (χ4v) is 4.77. The topological polar surface area (TPSA) is 46.6 Å². The number of sulfonamides is 1. The van der Waals surface area contributed by atoms with E-state index < -0.39 is 10.0 Å². The Balaban J connectivity index is 1.96. The van der Waals surface area contributed by atoms with Crippen LogP contribution < -0.4 is 0 Å². The molecule has 1 aliphatic heterocycles. The first-order valence-corrected chi connectivity index (χ1v) is 8.69. The van der Waals surface area contributed by atoms with Crippen molar-refractivity contribution in [1.29, 1.82) is 0 Å². The molecule has 110 valence electrons. The Morgan fingerprint density at radius 2 is 1.85 bits per heavy atom. The molecule has 2 fully saturated rings. The molecule has 2 aliphatic rings. The Bertz CT molecular complexity index is 583. The summed E-state index contributed by atoms with van der Waals surface area (Å²) in [6.45, 7) is 2.86. The number of nitrogens with zero attached hydrogens (tertiary/aromatic N) is 1. The molecule has 3 rings (SSSR count). The van der Waals surface area contributed by atoms with Crippen molar-refractivity contribution in [2.75, 3.05) is 13.2 Å². The van der Waals surface area contributed by atoms with E-state index in [4.69, 9.17) is 16.3 Å². The second-order valence-corrected chi connectivity index (χ2v) is 7.86. The van der Waals surface area contributed by atoms with Gasteiger partial charge in [0.1, 0.15) is 0 Å². The summed E-state index contributed by atoms with van der Waals surface area (Å²) in [6, 6.07) is 6.22. The van der Waals surface area contributed by atoms with E-state index in [0.717, 1.165) is 12.8 Å². The Kier molecular flexibility index (Phi) is 3.79. The van der Waals surface area contributed by atoms with Crippen LogP contribution in [0.5, 0.6) is 0 Å². The van der Waals surface area contributed by atoms with Crippen LogP contribution in [0.4, 0.5) is 0 Å². The third kappa shape index (κ3) is 2.60. The Labute approximate surface area is 124 Å². The minimum absolute atomic E-state index is 0.0283. The summed E-state index contributed by atoms with van der Waals surface area (Å²) in [6.07, 6.45) is 2.18. The Hall–Kier alpha value is -0.620. The van der Waals surface area contributed by atoms with E-state index in [1.165, 1.54) is 0 Å². The smallest absolute Gasteiger partial charge is 0.243 e. The maximum Gasteiger partial charge on any atom is 0.243 e. The van der Waals surface area contributed by atoms with Crippen LogP contribution in [0.1, 0.15) is 19.8 Å². The second-order valence-electron chi connectivity index (χ2n) is 5.58. The quantitative estimate of drug-likeness (QED) is 0.861. The van der Waals surface area contributed by atoms with Crippen LogP contribution in [-0.2, 0) is 14.8 Å². The monoisotopic (exact) mass is 315 g/mol. The van der Waals surface area contributed by atoms with Gasteiger partial charge in [-0.1, -0.05) is 11.6 Å². The number of hydrogen-bond acceptors (Lipinski definition) is 3. The lowest BCUT2D eigenvalue weighted by Crippen LogP contribution is -2.54. The van der Waals surface area contributed by atoms with Crippen LogP contribution in [0.3, 0.4) is 0 Å². The van der Waals surface area contributed by atoms with Gasteiger partial charge in [0.05, 0.1) is 24.2 Å². The van der Waals surface area contributed by atoms with Crippen molar-refractivity contribution in [1.82, 2.24) is 4.31 Å². The molecule has 2 atom stereocenters. The summed E-state index contributed by atoms with van der Waals surface area (Å²) in [4.78, 5) is 0.307. The Morgan fingerprint density at radius 3 is 2.45 bits per heavy atom. The molecule has 0 amide bonds. The van der Waals surface area contributed by atoms with E-state index in [9.17, 15) is 8.42 Å². The van der Waals surface area contributed by atoms with Crippen LogP contribution in [0.15, 0.2) is 29.2 Å². The van der Waals surface area contributed by atoms with Gasteiger partial charge in [0, 0.05) is 11.1 Å². The van der Waals surface area contributed by atoms with E-state index in [-0.39, 0.29) is 12.1 Å². The van der Waals surface area contributed by atoms with Gasteiger partial charge >= 0.3 is 0 Å². The first-order valence-electron chi connectivity index (χ1n) is 6.87. The van der Waals surface area contributed by atoms with Gasteiger partial charge in [0.25, 0.3) is 0 Å². The van der Waals surface area contributed by atoms with Crippen molar-refractivity contribution in [3.05, 3.63) is 29.3 Å². The number of hydrogen-bond donors (Lipinski definition) is 0. The highest BCUT2D eigenvalue weighted by atomic mass is 35.5. The van der Waals surface area contributed by atoms with Crippen LogP contribution >= 0.6 is 11.6 Å². The number of benzene rings is 1. The molecule has 0 N–H and O–H groups in total. The maximum atomic E-state index is 12.9. The van der Waals surface area contributed by atoms with E-state index in [1.54, 1.807) is 28.6 Å². The van der Waals surface area contributed by atoms with E-state index >= 15 is 0 Å². The minimum atomic E-state index is -3.49. The molecule has 1 saturated heterocycles. The van der Waals surface area contributed by atoms with Gasteiger partial charge in [-0.15, -0.1) is 0 Å². The predicted octanol–water partition coefficient (Wildman–Crippen LogP) is 2.53. The highest BCUT2D eigenvalue weighted by Crippen LogP contribution is 2.40. The molecule has 1 saturated carbocycles. The average molecular weight is 316 g/mol. The molecule has 6 heteroatoms. The molecule has 20 heavy (non-hydrogen) atoms. The summed E-state index contributed by atoms with van der Waals surface area (Å²) in [7, 11) is -3.49. The summed E-state index contributed by atoms with van der Waals surface area (Å²) in [5.74, 6) is 0.444. The van der Waals surface area contributed by atoms with Gasteiger partial charge in [-0.05, 0) is 49.9 Å². The molecular weight excluding hydrogens is 298 g/mol. The summed E-state index contributed by atoms with van der Waals surface area (Å²) in [5, 5.41) is 0.540. The molecule has 0 spiro atoms. The number of rotatable bonds is 3. The lowest BCUT2D eigenvalue weighted by Gasteiger charge is -2.39. The fraction of sp³-hybridized carbons (Fsp3) is 0.571. The molecular formula is C14H18ClNO3S. The zero-order chi connectivity index (χ0) is 14.3. The summed E-state index contributed by atoms with van der Waals surface area (Å²) in [5.41, 5.74) is 0. The number of morpholine rings is 1. The third-order valence-corrected chi connectivity index (χ3v) is 6.27. The summed E-state index contributed by atoms with van der Waals surface area (Å²) >= 11 is 5.84. The van der Waals surface area contributed by atoms with E-state index in [1.807, 2.05) is 6.92 Å². The zero-order valence-corrected chi connectivity index (χ0v) is 12.9. The molecule has 0 bridgehead atoms. The average Bonchev–Trinajstić information content (AvgIpc) is 3.23. The lowest BCUT2D eigenvalue weighted by atomic mass is 10.1. The van der Waals surface area contributed by atoms with Crippen LogP contribution in [0, 0.1) is 5.92 Å². The molecule has 1 aromatic rings. The molecule has 0 aromatic heterocycles. The first-order chi connectivity index (χ1) is 9.50. The van der Waals surface area contributed by atoms with Crippen molar-refractivity contribution in [3.63, 3.8) is 0 Å². The van der Waals surface area contributed by atoms with Gasteiger partial charge < -0.3 is 4.74 Å². The van der Waals surface area contributed by atoms with Gasteiger partial charge in [-0.3, -0.25) is 0 Å². The largest absolute Gasteiger partial charge is 0.378 e. The number of ether oxygens (including phenoxy) is 1. The molecule has 4 nitrogen and oxygen atoms in total. The fourth-order valence-electron chi connectivity index (χ4n) is 2.80. The van der Waals surface area contributed by atoms with Crippen molar-refractivity contribution in [3.8, 4) is 0 Å². The first kappa shape index (κ1) is 14.3. The standard InChI is InChI=1S/C14H18ClNO3S/c1-10-8-19-9-14(11-2-3-11)16(10)20(17,18)13-6-4-12(15)5-7-13/h4-7,10-11,14H,2-3,8-9H2,1H3. The van der Waals surface area contributed by atoms with Crippen LogP contribution in [0.2, 0.25) is 5.02 Å². The predicted molar refractivity (Wildman–Crippen MR) is 77.3 cm³/mol. The number of halogens is 1. The van der Waals surface area contributed by atoms with Crippen molar-refractivity contribution in [2.45, 2.75) is 36.7 Å². The van der Waals surface area contributed by atoms with Crippen LogP contribution in [0.25, 0.3) is 0 Å². The highest BCUT2D eigenvalue weighted by Gasteiger charge is 2.45. The Morgan fingerprint density at radius 1 is 1.20 bits per heavy atom. The zero-order valence-electron chi connectivity index (χ0n) is 11.3. The van der Waals surface area contributed by atoms with Gasteiger partial charge in [-0.25, -0.2) is 8.42 Å². The van der Waals surface area contributed by atoms with Crippen LogP contribution in [-0.4, -0.2) is 38.0 Å². The van der Waals surface area contributed by atoms with Crippen molar-refractivity contribution < 1.29 is 13.2 Å². The minimum Gasteiger partial charge on any atom is -0.378 e. The SMILES string of the molecule is CC1COCC(C2CC2)N1S(=O)(=O)c1ccc(Cl)cc1.